The van der Waals surface area contributed by atoms with E-state index in [9.17, 15) is 4.79 Å². The van der Waals surface area contributed by atoms with Gasteiger partial charge in [0, 0.05) is 6.42 Å². The number of carbonyl (C=O) groups excluding carboxylic acids is 1. The van der Waals surface area contributed by atoms with Crippen LogP contribution in [-0.4, -0.2) is 13.1 Å². The average molecular weight is 691 g/mol. The molecule has 0 bridgehead atoms. The summed E-state index contributed by atoms with van der Waals surface area (Å²) < 4.78 is 4.69. The molecule has 0 heterocycles. The maximum absolute atomic E-state index is 11.1. The van der Waals surface area contributed by atoms with Crippen LogP contribution in [0.2, 0.25) is 0 Å². The van der Waals surface area contributed by atoms with Crippen molar-refractivity contribution in [1.82, 2.24) is 0 Å². The number of rotatable bonds is 44. The van der Waals surface area contributed by atoms with Gasteiger partial charge in [-0.2, -0.15) is 0 Å². The van der Waals surface area contributed by atoms with E-state index in [-0.39, 0.29) is 5.97 Å². The van der Waals surface area contributed by atoms with E-state index in [2.05, 4.69) is 6.92 Å². The Balaban J connectivity index is 3.05. The predicted octanol–water partition coefficient (Wildman–Crippen LogP) is 17.3. The number of methoxy groups -OCH3 is 1. The van der Waals surface area contributed by atoms with Crippen LogP contribution in [-0.2, 0) is 9.53 Å². The molecule has 0 aliphatic heterocycles. The number of carbonyl (C=O) groups is 1. The van der Waals surface area contributed by atoms with Crippen LogP contribution in [0.4, 0.5) is 0 Å². The molecule has 0 saturated heterocycles. The fourth-order valence-electron chi connectivity index (χ4n) is 7.69. The number of esters is 1. The van der Waals surface area contributed by atoms with Gasteiger partial charge < -0.3 is 4.74 Å². The van der Waals surface area contributed by atoms with E-state index in [4.69, 9.17) is 4.74 Å². The summed E-state index contributed by atoms with van der Waals surface area (Å²) >= 11 is 0. The van der Waals surface area contributed by atoms with Crippen LogP contribution in [0.5, 0.6) is 0 Å². The van der Waals surface area contributed by atoms with Crippen molar-refractivity contribution in [3.05, 3.63) is 0 Å². The van der Waals surface area contributed by atoms with Crippen LogP contribution in [0.1, 0.15) is 289 Å². The fourth-order valence-corrected chi connectivity index (χ4v) is 7.69. The lowest BCUT2D eigenvalue weighted by Crippen LogP contribution is -1.99. The minimum Gasteiger partial charge on any atom is -0.469 e. The Morgan fingerprint density at radius 2 is 0.408 bits per heavy atom. The lowest BCUT2D eigenvalue weighted by atomic mass is 10.0. The van der Waals surface area contributed by atoms with Gasteiger partial charge in [0.2, 0.25) is 0 Å². The van der Waals surface area contributed by atoms with Gasteiger partial charge in [-0.15, -0.1) is 0 Å². The predicted molar refractivity (Wildman–Crippen MR) is 221 cm³/mol. The molecule has 0 atom stereocenters. The normalized spacial score (nSPS) is 11.5. The second-order valence-electron chi connectivity index (χ2n) is 16.2. The number of unbranched alkanes of at least 4 members (excludes halogenated alkanes) is 42. The van der Waals surface area contributed by atoms with Crippen molar-refractivity contribution in [2.24, 2.45) is 0 Å². The topological polar surface area (TPSA) is 26.3 Å². The Kier molecular flexibility index (Phi) is 45.0. The first-order valence-electron chi connectivity index (χ1n) is 23.4. The molecule has 0 spiro atoms. The molecule has 0 aromatic heterocycles. The third kappa shape index (κ3) is 45.4. The van der Waals surface area contributed by atoms with E-state index in [0.717, 1.165) is 6.42 Å². The van der Waals surface area contributed by atoms with Crippen molar-refractivity contribution in [3.8, 4) is 0 Å². The molecule has 0 saturated carbocycles. The monoisotopic (exact) mass is 691 g/mol. The minimum absolute atomic E-state index is 0.0584. The Labute approximate surface area is 311 Å². The molecule has 0 unspecified atom stereocenters. The lowest BCUT2D eigenvalue weighted by molar-refractivity contribution is -0.140. The highest BCUT2D eigenvalue weighted by atomic mass is 16.5. The minimum atomic E-state index is -0.0584. The van der Waals surface area contributed by atoms with Gasteiger partial charge in [0.1, 0.15) is 0 Å². The van der Waals surface area contributed by atoms with Crippen LogP contribution in [0.15, 0.2) is 0 Å². The summed E-state index contributed by atoms with van der Waals surface area (Å²) in [6.07, 6.45) is 62.7. The molecule has 0 radical (unpaired) electrons. The summed E-state index contributed by atoms with van der Waals surface area (Å²) in [5.74, 6) is -0.0584. The summed E-state index contributed by atoms with van der Waals surface area (Å²) in [6.45, 7) is 2.31. The van der Waals surface area contributed by atoms with Gasteiger partial charge in [0.25, 0.3) is 0 Å². The third-order valence-corrected chi connectivity index (χ3v) is 11.2. The van der Waals surface area contributed by atoms with E-state index in [1.165, 1.54) is 277 Å². The number of hydrogen-bond acceptors (Lipinski definition) is 2. The Bertz CT molecular complexity index is 587. The van der Waals surface area contributed by atoms with E-state index in [0.29, 0.717) is 6.42 Å². The summed E-state index contributed by atoms with van der Waals surface area (Å²) in [4.78, 5) is 11.1. The first kappa shape index (κ1) is 48.5. The summed E-state index contributed by atoms with van der Waals surface area (Å²) in [6, 6.07) is 0. The SMILES string of the molecule is CCCCCCCCCCCCCCCCCCCCCCCCCCCCCCCCCCCCCCCCCCCCCC(=O)OC. The second-order valence-corrected chi connectivity index (χ2v) is 16.2. The van der Waals surface area contributed by atoms with Crippen molar-refractivity contribution in [1.29, 1.82) is 0 Å². The van der Waals surface area contributed by atoms with Crippen molar-refractivity contribution >= 4 is 5.97 Å². The smallest absolute Gasteiger partial charge is 0.305 e. The van der Waals surface area contributed by atoms with Gasteiger partial charge in [-0.1, -0.05) is 277 Å². The molecule has 0 aliphatic carbocycles. The lowest BCUT2D eigenvalue weighted by Gasteiger charge is -2.05. The molecule has 2 nitrogen and oxygen atoms in total. The first-order chi connectivity index (χ1) is 24.3. The Hall–Kier alpha value is -0.530. The Morgan fingerprint density at radius 3 is 0.551 bits per heavy atom. The quantitative estimate of drug-likeness (QED) is 0.0470. The van der Waals surface area contributed by atoms with Crippen molar-refractivity contribution < 1.29 is 9.53 Å². The molecular formula is C47H94O2. The fraction of sp³-hybridized carbons (Fsp3) is 0.979. The summed E-state index contributed by atoms with van der Waals surface area (Å²) in [5, 5.41) is 0. The molecule has 0 rings (SSSR count). The van der Waals surface area contributed by atoms with Gasteiger partial charge in [-0.3, -0.25) is 4.79 Å². The van der Waals surface area contributed by atoms with Gasteiger partial charge in [-0.05, 0) is 6.42 Å². The zero-order chi connectivity index (χ0) is 35.4. The van der Waals surface area contributed by atoms with Crippen LogP contribution in [0.25, 0.3) is 0 Å². The zero-order valence-electron chi connectivity index (χ0n) is 34.4. The third-order valence-electron chi connectivity index (χ3n) is 11.2. The summed E-state index contributed by atoms with van der Waals surface area (Å²) in [7, 11) is 1.48. The van der Waals surface area contributed by atoms with Crippen LogP contribution >= 0.6 is 0 Å². The second kappa shape index (κ2) is 45.5. The highest BCUT2D eigenvalue weighted by Crippen LogP contribution is 2.18. The molecular weight excluding hydrogens is 597 g/mol. The van der Waals surface area contributed by atoms with Crippen LogP contribution in [0, 0.1) is 0 Å². The van der Waals surface area contributed by atoms with Gasteiger partial charge in [0.15, 0.2) is 0 Å². The Morgan fingerprint density at radius 1 is 0.265 bits per heavy atom. The maximum Gasteiger partial charge on any atom is 0.305 e. The van der Waals surface area contributed by atoms with Crippen molar-refractivity contribution in [3.63, 3.8) is 0 Å². The van der Waals surface area contributed by atoms with E-state index >= 15 is 0 Å². The molecule has 0 fully saturated rings. The average Bonchev–Trinajstić information content (AvgIpc) is 3.11. The van der Waals surface area contributed by atoms with Gasteiger partial charge >= 0.3 is 5.97 Å². The van der Waals surface area contributed by atoms with Gasteiger partial charge in [0.05, 0.1) is 7.11 Å². The standard InChI is InChI=1S/C47H94O2/c1-3-4-5-6-7-8-9-10-11-12-13-14-15-16-17-18-19-20-21-22-23-24-25-26-27-28-29-30-31-32-33-34-35-36-37-38-39-40-41-42-43-44-45-46-47(48)49-2/h3-46H2,1-2H3. The van der Waals surface area contributed by atoms with Gasteiger partial charge in [-0.25, -0.2) is 0 Å². The number of hydrogen-bond donors (Lipinski definition) is 0. The highest BCUT2D eigenvalue weighted by molar-refractivity contribution is 5.68. The van der Waals surface area contributed by atoms with E-state index in [1.54, 1.807) is 0 Å². The molecule has 0 aromatic rings. The maximum atomic E-state index is 11.1. The highest BCUT2D eigenvalue weighted by Gasteiger charge is 2.00. The molecule has 0 amide bonds. The molecule has 2 heteroatoms. The molecule has 294 valence electrons. The zero-order valence-corrected chi connectivity index (χ0v) is 34.4. The van der Waals surface area contributed by atoms with Crippen LogP contribution in [0.3, 0.4) is 0 Å². The molecule has 49 heavy (non-hydrogen) atoms. The van der Waals surface area contributed by atoms with Crippen LogP contribution < -0.4 is 0 Å². The van der Waals surface area contributed by atoms with E-state index < -0.39 is 0 Å². The first-order valence-corrected chi connectivity index (χ1v) is 23.4. The molecule has 0 N–H and O–H groups in total. The number of ether oxygens (including phenoxy) is 1. The molecule has 0 aromatic carbocycles. The van der Waals surface area contributed by atoms with Crippen molar-refractivity contribution in [2.75, 3.05) is 7.11 Å². The van der Waals surface area contributed by atoms with Crippen molar-refractivity contribution in [2.45, 2.75) is 289 Å². The summed E-state index contributed by atoms with van der Waals surface area (Å²) in [5.41, 5.74) is 0. The molecule has 0 aliphatic rings. The largest absolute Gasteiger partial charge is 0.469 e. The van der Waals surface area contributed by atoms with E-state index in [1.807, 2.05) is 0 Å².